The highest BCUT2D eigenvalue weighted by Crippen LogP contribution is 2.31. The van der Waals surface area contributed by atoms with Gasteiger partial charge in [0, 0.05) is 19.5 Å². The van der Waals surface area contributed by atoms with Crippen molar-refractivity contribution in [2.24, 2.45) is 17.6 Å². The Balaban J connectivity index is 2.00. The minimum Gasteiger partial charge on any atom is -0.484 e. The summed E-state index contributed by atoms with van der Waals surface area (Å²) in [6.07, 6.45) is 7.15. The number of anilines is 1. The van der Waals surface area contributed by atoms with Gasteiger partial charge in [-0.1, -0.05) is 26.7 Å². The molecule has 0 unspecified atom stereocenters. The molecule has 1 aliphatic rings. The Morgan fingerprint density at radius 2 is 1.69 bits per heavy atom. The molecule has 0 bridgehead atoms. The monoisotopic (exact) mass is 364 g/mol. The normalized spacial score (nSPS) is 20.5. The van der Waals surface area contributed by atoms with Gasteiger partial charge in [0.05, 0.1) is 6.10 Å². The number of ether oxygens (including phenoxy) is 1. The van der Waals surface area contributed by atoms with Crippen molar-refractivity contribution in [3.8, 4) is 5.75 Å². The molecule has 1 aromatic rings. The Morgan fingerprint density at radius 3 is 2.19 bits per heavy atom. The van der Waals surface area contributed by atoms with Crippen LogP contribution in [0.5, 0.6) is 5.75 Å². The fourth-order valence-electron chi connectivity index (χ4n) is 4.00. The van der Waals surface area contributed by atoms with Gasteiger partial charge >= 0.3 is 0 Å². The molecule has 2 rings (SSSR count). The first-order chi connectivity index (χ1) is 12.4. The Labute approximate surface area is 155 Å². The lowest BCUT2D eigenvalue weighted by Gasteiger charge is -2.32. The lowest BCUT2D eigenvalue weighted by atomic mass is 9.81. The minimum absolute atomic E-state index is 0.00791. The molecule has 0 atom stereocenters. The smallest absolute Gasteiger partial charge is 0.272 e. The van der Waals surface area contributed by atoms with Gasteiger partial charge in [-0.15, -0.1) is 0 Å². The number of nitrogens with zero attached hydrogens (tertiary/aromatic N) is 1. The number of carbonyl (C=O) groups is 1. The molecule has 1 fully saturated rings. The van der Waals surface area contributed by atoms with Gasteiger partial charge in [0.15, 0.2) is 5.75 Å². The van der Waals surface area contributed by atoms with Crippen molar-refractivity contribution in [2.45, 2.75) is 71.3 Å². The second-order valence-electron chi connectivity index (χ2n) is 7.65. The van der Waals surface area contributed by atoms with Crippen LogP contribution in [0.15, 0.2) is 9.59 Å². The summed E-state index contributed by atoms with van der Waals surface area (Å²) in [5.74, 6) is 0.406. The summed E-state index contributed by atoms with van der Waals surface area (Å²) in [5.41, 5.74) is 4.86. The van der Waals surface area contributed by atoms with E-state index in [1.165, 1.54) is 0 Å². The van der Waals surface area contributed by atoms with E-state index in [4.69, 9.17) is 10.5 Å². The van der Waals surface area contributed by atoms with Crippen LogP contribution in [-0.4, -0.2) is 25.6 Å². The van der Waals surface area contributed by atoms with E-state index < -0.39 is 10.9 Å². The summed E-state index contributed by atoms with van der Waals surface area (Å²) in [4.78, 5) is 37.3. The largest absolute Gasteiger partial charge is 0.484 e. The summed E-state index contributed by atoms with van der Waals surface area (Å²) in [7, 11) is 1.85. The molecule has 0 spiro atoms. The molecule has 6 heteroatoms. The van der Waals surface area contributed by atoms with Crippen LogP contribution in [0.2, 0.25) is 0 Å². The Bertz CT molecular complexity index is 664. The fraction of sp³-hybridized carbons (Fsp3) is 0.750. The van der Waals surface area contributed by atoms with Crippen LogP contribution >= 0.6 is 0 Å². The molecule has 26 heavy (non-hydrogen) atoms. The number of hydrogen-bond acceptors (Lipinski definition) is 5. The zero-order chi connectivity index (χ0) is 19.3. The van der Waals surface area contributed by atoms with E-state index in [2.05, 4.69) is 13.8 Å². The summed E-state index contributed by atoms with van der Waals surface area (Å²) in [6, 6.07) is 0. The lowest BCUT2D eigenvalue weighted by Crippen LogP contribution is -2.43. The van der Waals surface area contributed by atoms with Crippen molar-refractivity contribution in [1.29, 1.82) is 0 Å². The number of nitrogens with two attached hydrogens (primary N) is 1. The van der Waals surface area contributed by atoms with Gasteiger partial charge in [-0.2, -0.15) is 0 Å². The highest BCUT2D eigenvalue weighted by atomic mass is 16.5. The van der Waals surface area contributed by atoms with Crippen molar-refractivity contribution < 1.29 is 9.53 Å². The molecule has 146 valence electrons. The van der Waals surface area contributed by atoms with E-state index in [9.17, 15) is 14.4 Å². The molecule has 2 N–H and O–H groups in total. The van der Waals surface area contributed by atoms with Gasteiger partial charge in [0.1, 0.15) is 5.69 Å². The molecular weight excluding hydrogens is 332 g/mol. The number of carbonyl (C=O) groups excluding carboxylic acids is 1. The van der Waals surface area contributed by atoms with E-state index >= 15 is 0 Å². The summed E-state index contributed by atoms with van der Waals surface area (Å²) >= 11 is 0. The van der Waals surface area contributed by atoms with Crippen LogP contribution in [0.25, 0.3) is 0 Å². The van der Waals surface area contributed by atoms with E-state index in [0.29, 0.717) is 18.2 Å². The highest BCUT2D eigenvalue weighted by Gasteiger charge is 2.30. The van der Waals surface area contributed by atoms with E-state index in [-0.39, 0.29) is 23.7 Å². The first-order valence-electron chi connectivity index (χ1n) is 9.89. The van der Waals surface area contributed by atoms with Crippen molar-refractivity contribution >= 4 is 11.6 Å². The average Bonchev–Trinajstić information content (AvgIpc) is 2.61. The first kappa shape index (κ1) is 20.5. The van der Waals surface area contributed by atoms with Crippen LogP contribution in [-0.2, 0) is 4.79 Å². The summed E-state index contributed by atoms with van der Waals surface area (Å²) in [6.45, 7) is 4.87. The summed E-state index contributed by atoms with van der Waals surface area (Å²) < 4.78 is 5.93. The van der Waals surface area contributed by atoms with E-state index in [0.717, 1.165) is 51.4 Å². The molecule has 0 saturated heterocycles. The molecule has 0 heterocycles. The molecule has 1 aliphatic carbocycles. The highest BCUT2D eigenvalue weighted by molar-refractivity contribution is 5.76. The van der Waals surface area contributed by atoms with Crippen LogP contribution < -0.4 is 26.2 Å². The van der Waals surface area contributed by atoms with Crippen LogP contribution in [0.4, 0.5) is 5.69 Å². The van der Waals surface area contributed by atoms with Crippen LogP contribution in [0.1, 0.15) is 65.2 Å². The van der Waals surface area contributed by atoms with Crippen molar-refractivity contribution in [3.63, 3.8) is 0 Å². The quantitative estimate of drug-likeness (QED) is 0.644. The molecule has 1 saturated carbocycles. The third kappa shape index (κ3) is 4.65. The average molecular weight is 364 g/mol. The molecule has 0 radical (unpaired) electrons. The second-order valence-corrected chi connectivity index (χ2v) is 7.65. The zero-order valence-corrected chi connectivity index (χ0v) is 16.3. The van der Waals surface area contributed by atoms with Crippen LogP contribution in [0.3, 0.4) is 0 Å². The van der Waals surface area contributed by atoms with Crippen LogP contribution in [0, 0.1) is 11.8 Å². The SMILES string of the molecule is CCCC(CCC)Oc1c(N(C)CC2CCC(C(N)=O)CC2)c(=O)c1=O. The minimum atomic E-state index is -0.499. The molecule has 0 aliphatic heterocycles. The first-order valence-corrected chi connectivity index (χ1v) is 9.89. The van der Waals surface area contributed by atoms with Gasteiger partial charge < -0.3 is 15.4 Å². The Morgan fingerprint density at radius 1 is 1.12 bits per heavy atom. The second kappa shape index (κ2) is 9.19. The maximum atomic E-state index is 12.1. The van der Waals surface area contributed by atoms with Crippen molar-refractivity contribution in [3.05, 3.63) is 20.4 Å². The van der Waals surface area contributed by atoms with Gasteiger partial charge in [-0.05, 0) is 44.4 Å². The number of primary amides is 1. The maximum absolute atomic E-state index is 12.1. The predicted octanol–water partition coefficient (Wildman–Crippen LogP) is 2.36. The van der Waals surface area contributed by atoms with Gasteiger partial charge in [0.25, 0.3) is 10.9 Å². The van der Waals surface area contributed by atoms with Crippen molar-refractivity contribution in [1.82, 2.24) is 0 Å². The Kier molecular flexibility index (Phi) is 7.23. The number of amides is 1. The molecule has 6 nitrogen and oxygen atoms in total. The Hall–Kier alpha value is -1.85. The maximum Gasteiger partial charge on any atom is 0.272 e. The third-order valence-corrected chi connectivity index (χ3v) is 5.51. The molecule has 1 aromatic carbocycles. The molecule has 0 aromatic heterocycles. The van der Waals surface area contributed by atoms with E-state index in [1.54, 1.807) is 0 Å². The standard InChI is InChI=1S/C20H32N2O4/c1-4-6-15(7-5-2)26-19-16(17(23)18(19)24)22(3)12-13-8-10-14(11-9-13)20(21)25/h13-15H,4-12H2,1-3H3,(H2,21,25). The zero-order valence-electron chi connectivity index (χ0n) is 16.3. The summed E-state index contributed by atoms with van der Waals surface area (Å²) in [5, 5.41) is 0. The molecule has 1 amide bonds. The van der Waals surface area contributed by atoms with Gasteiger partial charge in [-0.3, -0.25) is 14.4 Å². The lowest BCUT2D eigenvalue weighted by molar-refractivity contribution is -0.122. The topological polar surface area (TPSA) is 89.7 Å². The number of hydrogen-bond donors (Lipinski definition) is 1. The number of rotatable bonds is 10. The van der Waals surface area contributed by atoms with Gasteiger partial charge in [-0.25, -0.2) is 0 Å². The third-order valence-electron chi connectivity index (χ3n) is 5.51. The predicted molar refractivity (Wildman–Crippen MR) is 103 cm³/mol. The van der Waals surface area contributed by atoms with E-state index in [1.807, 2.05) is 11.9 Å². The van der Waals surface area contributed by atoms with Crippen molar-refractivity contribution in [2.75, 3.05) is 18.5 Å². The van der Waals surface area contributed by atoms with Gasteiger partial charge in [0.2, 0.25) is 5.91 Å². The molecular formula is C20H32N2O4. The fourth-order valence-corrected chi connectivity index (χ4v) is 4.00.